The third kappa shape index (κ3) is 6.47. The molecule has 1 aromatic heterocycles. The number of nitrogens with one attached hydrogen (secondary N) is 1. The highest BCUT2D eigenvalue weighted by Crippen LogP contribution is 2.18. The van der Waals surface area contributed by atoms with Gasteiger partial charge in [-0.05, 0) is 12.0 Å². The molecule has 5 N–H and O–H groups in total. The maximum atomic E-state index is 12.6. The lowest BCUT2D eigenvalue weighted by molar-refractivity contribution is -0.914. The Morgan fingerprint density at radius 2 is 1.87 bits per heavy atom. The molecular formula is C21H31ClN6O2. The van der Waals surface area contributed by atoms with Crippen molar-refractivity contribution in [2.24, 2.45) is 0 Å². The van der Waals surface area contributed by atoms with Crippen LogP contribution in [0.2, 0.25) is 5.15 Å². The first-order valence-corrected chi connectivity index (χ1v) is 10.5. The van der Waals surface area contributed by atoms with Gasteiger partial charge in [-0.25, -0.2) is 9.97 Å². The second-order valence-corrected chi connectivity index (χ2v) is 8.39. The lowest BCUT2D eigenvalue weighted by atomic mass is 10.1. The number of nitrogens with two attached hydrogens (primary N) is 2. The van der Waals surface area contributed by atoms with Crippen LogP contribution in [0.1, 0.15) is 42.2 Å². The smallest absolute Gasteiger partial charge is 0.274 e. The van der Waals surface area contributed by atoms with Crippen LogP contribution in [-0.4, -0.2) is 53.6 Å². The molecule has 9 heteroatoms. The highest BCUT2D eigenvalue weighted by molar-refractivity contribution is 6.31. The zero-order chi connectivity index (χ0) is 22.3. The molecule has 0 aliphatic rings. The van der Waals surface area contributed by atoms with Crippen LogP contribution < -0.4 is 21.9 Å². The number of likely N-dealkylation sites (N-methyl/N-ethyl adjacent to an activating group) is 1. The second-order valence-electron chi connectivity index (χ2n) is 8.04. The zero-order valence-electron chi connectivity index (χ0n) is 17.8. The van der Waals surface area contributed by atoms with Crippen molar-refractivity contribution in [2.75, 3.05) is 38.7 Å². The Hall–Kier alpha value is -2.58. The fourth-order valence-corrected chi connectivity index (χ4v) is 3.59. The summed E-state index contributed by atoms with van der Waals surface area (Å²) in [4.78, 5) is 20.4. The van der Waals surface area contributed by atoms with Crippen molar-refractivity contribution in [3.05, 3.63) is 40.7 Å². The van der Waals surface area contributed by atoms with Crippen molar-refractivity contribution >= 4 is 29.1 Å². The summed E-state index contributed by atoms with van der Waals surface area (Å²) >= 11 is 5.88. The maximum Gasteiger partial charge on any atom is 0.274 e. The topological polar surface area (TPSA) is 130 Å². The molecule has 2 aromatic rings. The summed E-state index contributed by atoms with van der Waals surface area (Å²) in [6.07, 6.45) is 3.85. The quantitative estimate of drug-likeness (QED) is 0.490. The van der Waals surface area contributed by atoms with Gasteiger partial charge in [-0.1, -0.05) is 49.2 Å². The molecule has 0 radical (unpaired) electrons. The third-order valence-electron chi connectivity index (χ3n) is 5.35. The number of halogens is 1. The molecule has 0 bridgehead atoms. The molecular weight excluding hydrogens is 404 g/mol. The minimum atomic E-state index is -0.416. The van der Waals surface area contributed by atoms with E-state index in [9.17, 15) is 9.90 Å². The van der Waals surface area contributed by atoms with Crippen LogP contribution in [0, 0.1) is 0 Å². The van der Waals surface area contributed by atoms with E-state index in [2.05, 4.69) is 36.3 Å². The lowest BCUT2D eigenvalue weighted by Crippen LogP contribution is -2.54. The zero-order valence-corrected chi connectivity index (χ0v) is 18.6. The van der Waals surface area contributed by atoms with E-state index in [0.717, 1.165) is 42.3 Å². The van der Waals surface area contributed by atoms with Gasteiger partial charge in [0.05, 0.1) is 27.2 Å². The molecule has 8 nitrogen and oxygen atoms in total. The molecule has 1 heterocycles. The SMILES string of the molecule is CCC[C@@H](CNC(=O)c1nc(Cl)c(N)nc1N)[N+](C)(C)CCCc1ccc([O-])cc1. The number of carbonyl (C=O) groups is 1. The fraction of sp³-hybridized carbons (Fsp3) is 0.476. The number of carbonyl (C=O) groups excluding carboxylic acids is 1. The van der Waals surface area contributed by atoms with Crippen LogP contribution >= 0.6 is 11.6 Å². The van der Waals surface area contributed by atoms with Crippen molar-refractivity contribution in [1.29, 1.82) is 0 Å². The van der Waals surface area contributed by atoms with E-state index < -0.39 is 5.91 Å². The molecule has 0 aliphatic carbocycles. The summed E-state index contributed by atoms with van der Waals surface area (Å²) < 4.78 is 0.761. The van der Waals surface area contributed by atoms with E-state index in [4.69, 9.17) is 23.1 Å². The van der Waals surface area contributed by atoms with E-state index >= 15 is 0 Å². The molecule has 0 spiro atoms. The molecule has 1 atom stereocenters. The van der Waals surface area contributed by atoms with Gasteiger partial charge in [0.1, 0.15) is 6.04 Å². The van der Waals surface area contributed by atoms with Gasteiger partial charge in [0, 0.05) is 12.8 Å². The number of hydrogen-bond donors (Lipinski definition) is 3. The summed E-state index contributed by atoms with van der Waals surface area (Å²) in [5.74, 6) is -0.432. The van der Waals surface area contributed by atoms with Crippen LogP contribution in [0.15, 0.2) is 24.3 Å². The average molecular weight is 435 g/mol. The predicted molar refractivity (Wildman–Crippen MR) is 118 cm³/mol. The average Bonchev–Trinajstić information content (AvgIpc) is 2.69. The van der Waals surface area contributed by atoms with E-state index in [-0.39, 0.29) is 34.3 Å². The van der Waals surface area contributed by atoms with Crippen molar-refractivity contribution in [3.63, 3.8) is 0 Å². The maximum absolute atomic E-state index is 12.6. The summed E-state index contributed by atoms with van der Waals surface area (Å²) in [5, 5.41) is 14.1. The van der Waals surface area contributed by atoms with Gasteiger partial charge in [-0.15, -0.1) is 5.75 Å². The van der Waals surface area contributed by atoms with Gasteiger partial charge >= 0.3 is 0 Å². The van der Waals surface area contributed by atoms with Crippen LogP contribution in [0.25, 0.3) is 0 Å². The van der Waals surface area contributed by atoms with Crippen molar-refractivity contribution in [2.45, 2.75) is 38.6 Å². The van der Waals surface area contributed by atoms with Crippen LogP contribution in [0.5, 0.6) is 5.75 Å². The Morgan fingerprint density at radius 1 is 1.20 bits per heavy atom. The molecule has 2 rings (SSSR count). The molecule has 0 fully saturated rings. The molecule has 0 saturated heterocycles. The first-order chi connectivity index (χ1) is 14.1. The minimum Gasteiger partial charge on any atom is -0.872 e. The van der Waals surface area contributed by atoms with Crippen molar-refractivity contribution in [1.82, 2.24) is 15.3 Å². The number of hydrogen-bond acceptors (Lipinski definition) is 6. The number of nitrogen functional groups attached to an aromatic ring is 2. The van der Waals surface area contributed by atoms with Gasteiger partial charge in [0.15, 0.2) is 22.5 Å². The minimum absolute atomic E-state index is 0.00253. The van der Waals surface area contributed by atoms with Gasteiger partial charge in [0.2, 0.25) is 0 Å². The molecule has 0 saturated carbocycles. The number of nitrogens with zero attached hydrogens (tertiary/aromatic N) is 3. The van der Waals surface area contributed by atoms with Gasteiger partial charge in [0.25, 0.3) is 5.91 Å². The van der Waals surface area contributed by atoms with E-state index in [0.29, 0.717) is 6.54 Å². The van der Waals surface area contributed by atoms with E-state index in [1.165, 1.54) is 0 Å². The molecule has 0 aliphatic heterocycles. The molecule has 164 valence electrons. The summed E-state index contributed by atoms with van der Waals surface area (Å²) in [5.41, 5.74) is 12.5. The van der Waals surface area contributed by atoms with Gasteiger partial charge < -0.3 is 26.4 Å². The molecule has 30 heavy (non-hydrogen) atoms. The highest BCUT2D eigenvalue weighted by Gasteiger charge is 2.28. The Balaban J connectivity index is 1.96. The van der Waals surface area contributed by atoms with Crippen LogP contribution in [0.4, 0.5) is 11.6 Å². The Bertz CT molecular complexity index is 857. The van der Waals surface area contributed by atoms with Gasteiger partial charge in [-0.2, -0.15) is 0 Å². The number of aromatic nitrogens is 2. The summed E-state index contributed by atoms with van der Waals surface area (Å²) in [7, 11) is 4.34. The summed E-state index contributed by atoms with van der Waals surface area (Å²) in [6.45, 7) is 3.55. The van der Waals surface area contributed by atoms with Crippen molar-refractivity contribution < 1.29 is 14.4 Å². The summed E-state index contributed by atoms with van der Waals surface area (Å²) in [6, 6.07) is 7.19. The Morgan fingerprint density at radius 3 is 2.50 bits per heavy atom. The predicted octanol–water partition coefficient (Wildman–Crippen LogP) is 1.98. The molecule has 1 amide bonds. The number of amides is 1. The van der Waals surface area contributed by atoms with Crippen molar-refractivity contribution in [3.8, 4) is 5.75 Å². The highest BCUT2D eigenvalue weighted by atomic mass is 35.5. The third-order valence-corrected chi connectivity index (χ3v) is 5.63. The number of benzene rings is 1. The monoisotopic (exact) mass is 434 g/mol. The van der Waals surface area contributed by atoms with Crippen LogP contribution in [0.3, 0.4) is 0 Å². The first-order valence-electron chi connectivity index (χ1n) is 10.1. The number of rotatable bonds is 10. The lowest BCUT2D eigenvalue weighted by Gasteiger charge is -2.38. The largest absolute Gasteiger partial charge is 0.872 e. The fourth-order valence-electron chi connectivity index (χ4n) is 3.46. The Labute approximate surface area is 182 Å². The molecule has 1 aromatic carbocycles. The first kappa shape index (κ1) is 23.7. The molecule has 0 unspecified atom stereocenters. The standard InChI is InChI=1S/C21H31ClN6O2/c1-4-6-15(13-25-21(30)17-19(23)27-20(24)18(22)26-17)28(2,3)12-5-7-14-8-10-16(29)11-9-14/h8-11,15H,4-7,12-13H2,1-3H3,(H5-,23,24,25,27,29,30)/t15-/m0/s1. The Kier molecular flexibility index (Phi) is 8.25. The van der Waals surface area contributed by atoms with E-state index in [1.807, 2.05) is 12.1 Å². The number of aryl methyl sites for hydroxylation is 1. The number of quaternary nitrogens is 1. The van der Waals surface area contributed by atoms with Crippen LogP contribution in [-0.2, 0) is 6.42 Å². The van der Waals surface area contributed by atoms with E-state index in [1.54, 1.807) is 12.1 Å². The van der Waals surface area contributed by atoms with Gasteiger partial charge in [-0.3, -0.25) is 4.79 Å². The normalized spacial score (nSPS) is 12.5. The second kappa shape index (κ2) is 10.4. The number of anilines is 2.